The molecule has 2 heterocycles. The first-order valence-electron chi connectivity index (χ1n) is 8.30. The molecule has 122 valence electrons. The van der Waals surface area contributed by atoms with Crippen molar-refractivity contribution in [3.8, 4) is 0 Å². The highest BCUT2D eigenvalue weighted by Crippen LogP contribution is 2.40. The largest absolute Gasteiger partial charge is 0.442 e. The minimum atomic E-state index is -0.0977. The average Bonchev–Trinajstić information content (AvgIpc) is 3.39. The molecule has 6 heteroatoms. The van der Waals surface area contributed by atoms with Crippen LogP contribution in [0.5, 0.6) is 0 Å². The molecule has 6 nitrogen and oxygen atoms in total. The predicted molar refractivity (Wildman–Crippen MR) is 87.5 cm³/mol. The van der Waals surface area contributed by atoms with Crippen LogP contribution >= 0.6 is 0 Å². The van der Waals surface area contributed by atoms with Crippen LogP contribution in [0.1, 0.15) is 55.6 Å². The molecular formula is C17H22N4O2. The van der Waals surface area contributed by atoms with Gasteiger partial charge in [-0.05, 0) is 52.4 Å². The second kappa shape index (κ2) is 4.94. The zero-order chi connectivity index (χ0) is 16.2. The molecule has 2 aliphatic carbocycles. The van der Waals surface area contributed by atoms with E-state index in [1.807, 2.05) is 0 Å². The summed E-state index contributed by atoms with van der Waals surface area (Å²) in [7, 11) is 0. The third-order valence-corrected chi connectivity index (χ3v) is 5.00. The summed E-state index contributed by atoms with van der Waals surface area (Å²) in [4.78, 5) is 21.3. The molecule has 0 bridgehead atoms. The minimum absolute atomic E-state index is 0.0709. The lowest BCUT2D eigenvalue weighted by atomic mass is 10.1. The lowest BCUT2D eigenvalue weighted by molar-refractivity contribution is 0.0935. The van der Waals surface area contributed by atoms with Crippen molar-refractivity contribution in [1.82, 2.24) is 15.3 Å². The van der Waals surface area contributed by atoms with E-state index >= 15 is 0 Å². The van der Waals surface area contributed by atoms with Crippen LogP contribution in [0.2, 0.25) is 0 Å². The number of aryl methyl sites for hydroxylation is 1. The van der Waals surface area contributed by atoms with E-state index < -0.39 is 0 Å². The Morgan fingerprint density at radius 2 is 2.13 bits per heavy atom. The number of fused-ring (bicyclic) bond motifs is 1. The molecule has 0 saturated heterocycles. The second-order valence-corrected chi connectivity index (χ2v) is 7.22. The van der Waals surface area contributed by atoms with Crippen LogP contribution in [0.15, 0.2) is 10.7 Å². The number of amides is 1. The highest BCUT2D eigenvalue weighted by atomic mass is 16.3. The zero-order valence-electron chi connectivity index (χ0n) is 13.8. The Bertz CT molecular complexity index is 774. The van der Waals surface area contributed by atoms with E-state index in [1.165, 1.54) is 19.2 Å². The van der Waals surface area contributed by atoms with Crippen molar-refractivity contribution in [2.24, 2.45) is 5.92 Å². The van der Waals surface area contributed by atoms with Crippen LogP contribution in [0.4, 0.5) is 5.82 Å². The van der Waals surface area contributed by atoms with Gasteiger partial charge in [-0.25, -0.2) is 9.97 Å². The highest BCUT2D eigenvalue weighted by molar-refractivity contribution is 6.10. The van der Waals surface area contributed by atoms with Gasteiger partial charge in [0.15, 0.2) is 0 Å². The van der Waals surface area contributed by atoms with Crippen LogP contribution in [-0.2, 0) is 0 Å². The third-order valence-electron chi connectivity index (χ3n) is 5.00. The van der Waals surface area contributed by atoms with Crippen LogP contribution in [0.3, 0.4) is 0 Å². The summed E-state index contributed by atoms with van der Waals surface area (Å²) < 4.78 is 5.70. The standard InChI is InChI=1S/C17H22N4O2/c1-9(11-4-5-11)20-15(22)12-10(2)23-16-13(12)14(18-8-19-16)21-17(3)6-7-17/h8-9,11H,4-7H2,1-3H3,(H,20,22)(H,18,19,21). The van der Waals surface area contributed by atoms with Crippen molar-refractivity contribution >= 4 is 22.8 Å². The molecule has 0 spiro atoms. The number of carbonyl (C=O) groups excluding carboxylic acids is 1. The molecule has 2 fully saturated rings. The molecule has 4 rings (SSSR count). The molecule has 2 N–H and O–H groups in total. The summed E-state index contributed by atoms with van der Waals surface area (Å²) >= 11 is 0. The Kier molecular flexibility index (Phi) is 3.11. The number of hydrogen-bond donors (Lipinski definition) is 2. The molecule has 23 heavy (non-hydrogen) atoms. The second-order valence-electron chi connectivity index (χ2n) is 7.22. The fourth-order valence-electron chi connectivity index (χ4n) is 3.00. The van der Waals surface area contributed by atoms with Gasteiger partial charge < -0.3 is 15.1 Å². The van der Waals surface area contributed by atoms with Crippen LogP contribution in [0.25, 0.3) is 11.1 Å². The molecule has 1 atom stereocenters. The molecule has 1 amide bonds. The summed E-state index contributed by atoms with van der Waals surface area (Å²) in [5, 5.41) is 7.23. The van der Waals surface area contributed by atoms with Gasteiger partial charge in [0.2, 0.25) is 5.71 Å². The summed E-state index contributed by atoms with van der Waals surface area (Å²) in [6.45, 7) is 6.03. The van der Waals surface area contributed by atoms with Gasteiger partial charge in [-0.15, -0.1) is 0 Å². The van der Waals surface area contributed by atoms with Crippen molar-refractivity contribution < 1.29 is 9.21 Å². The molecule has 2 aromatic rings. The van der Waals surface area contributed by atoms with Gasteiger partial charge in [-0.3, -0.25) is 4.79 Å². The molecule has 0 aromatic carbocycles. The Morgan fingerprint density at radius 3 is 2.78 bits per heavy atom. The minimum Gasteiger partial charge on any atom is -0.442 e. The SMILES string of the molecule is Cc1oc2ncnc(NC3(C)CC3)c2c1C(=O)NC(C)C1CC1. The Hall–Kier alpha value is -2.11. The number of aromatic nitrogens is 2. The normalized spacial score (nSPS) is 20.3. The van der Waals surface area contributed by atoms with Gasteiger partial charge in [-0.2, -0.15) is 0 Å². The first kappa shape index (κ1) is 14.5. The molecular weight excluding hydrogens is 292 g/mol. The molecule has 0 aliphatic heterocycles. The van der Waals surface area contributed by atoms with E-state index in [2.05, 4.69) is 34.4 Å². The maximum atomic E-state index is 12.8. The quantitative estimate of drug-likeness (QED) is 0.886. The van der Waals surface area contributed by atoms with Gasteiger partial charge in [0.25, 0.3) is 5.91 Å². The smallest absolute Gasteiger partial charge is 0.255 e. The first-order valence-corrected chi connectivity index (χ1v) is 8.30. The van der Waals surface area contributed by atoms with E-state index in [0.717, 1.165) is 12.8 Å². The maximum Gasteiger partial charge on any atom is 0.255 e. The van der Waals surface area contributed by atoms with Gasteiger partial charge in [0.05, 0.1) is 10.9 Å². The van der Waals surface area contributed by atoms with Crippen LogP contribution < -0.4 is 10.6 Å². The molecule has 2 aliphatic rings. The fourth-order valence-corrected chi connectivity index (χ4v) is 3.00. The lowest BCUT2D eigenvalue weighted by Crippen LogP contribution is -2.34. The monoisotopic (exact) mass is 314 g/mol. The van der Waals surface area contributed by atoms with Crippen molar-refractivity contribution in [1.29, 1.82) is 0 Å². The van der Waals surface area contributed by atoms with Crippen LogP contribution in [-0.4, -0.2) is 27.5 Å². The maximum absolute atomic E-state index is 12.8. The van der Waals surface area contributed by atoms with Crippen molar-refractivity contribution in [3.63, 3.8) is 0 Å². The fraction of sp³-hybridized carbons (Fsp3) is 0.588. The van der Waals surface area contributed by atoms with Gasteiger partial charge in [0.1, 0.15) is 17.9 Å². The topological polar surface area (TPSA) is 80.1 Å². The molecule has 2 aromatic heterocycles. The molecule has 0 radical (unpaired) electrons. The number of anilines is 1. The zero-order valence-corrected chi connectivity index (χ0v) is 13.8. The van der Waals surface area contributed by atoms with E-state index in [-0.39, 0.29) is 17.5 Å². The first-order chi connectivity index (χ1) is 11.0. The van der Waals surface area contributed by atoms with Crippen molar-refractivity contribution in [2.75, 3.05) is 5.32 Å². The van der Waals surface area contributed by atoms with Crippen molar-refractivity contribution in [3.05, 3.63) is 17.7 Å². The van der Waals surface area contributed by atoms with Crippen molar-refractivity contribution in [2.45, 2.75) is 58.0 Å². The van der Waals surface area contributed by atoms with E-state index in [1.54, 1.807) is 6.92 Å². The van der Waals surface area contributed by atoms with Gasteiger partial charge in [-0.1, -0.05) is 0 Å². The number of rotatable bonds is 5. The Balaban J connectivity index is 1.72. The summed E-state index contributed by atoms with van der Waals surface area (Å²) in [5.41, 5.74) is 1.09. The summed E-state index contributed by atoms with van der Waals surface area (Å²) in [5.74, 6) is 1.79. The summed E-state index contributed by atoms with van der Waals surface area (Å²) in [6, 6.07) is 0.189. The average molecular weight is 314 g/mol. The molecule has 2 saturated carbocycles. The Morgan fingerprint density at radius 1 is 1.39 bits per heavy atom. The van der Waals surface area contributed by atoms with E-state index in [0.29, 0.717) is 34.2 Å². The van der Waals surface area contributed by atoms with E-state index in [4.69, 9.17) is 4.42 Å². The number of nitrogens with one attached hydrogen (secondary N) is 2. The van der Waals surface area contributed by atoms with Crippen LogP contribution in [0, 0.1) is 12.8 Å². The molecule has 1 unspecified atom stereocenters. The number of carbonyl (C=O) groups is 1. The summed E-state index contributed by atoms with van der Waals surface area (Å²) in [6.07, 6.45) is 6.08. The lowest BCUT2D eigenvalue weighted by Gasteiger charge is -2.15. The number of nitrogens with zero attached hydrogens (tertiary/aromatic N) is 2. The van der Waals surface area contributed by atoms with E-state index in [9.17, 15) is 4.79 Å². The number of hydrogen-bond acceptors (Lipinski definition) is 5. The highest BCUT2D eigenvalue weighted by Gasteiger charge is 2.39. The number of furan rings is 1. The third kappa shape index (κ3) is 2.66. The Labute approximate surface area is 135 Å². The van der Waals surface area contributed by atoms with Gasteiger partial charge in [0, 0.05) is 11.6 Å². The van der Waals surface area contributed by atoms with Gasteiger partial charge >= 0.3 is 0 Å². The predicted octanol–water partition coefficient (Wildman–Crippen LogP) is 3.02.